The molecule has 0 bridgehead atoms. The summed E-state index contributed by atoms with van der Waals surface area (Å²) in [6, 6.07) is 2.14. The van der Waals surface area contributed by atoms with Crippen molar-refractivity contribution in [1.82, 2.24) is 20.4 Å². The highest BCUT2D eigenvalue weighted by Gasteiger charge is 2.02. The van der Waals surface area contributed by atoms with Crippen molar-refractivity contribution in [2.24, 2.45) is 12.0 Å². The monoisotopic (exact) mass is 433 g/mol. The number of hydrogen-bond acceptors (Lipinski definition) is 3. The third-order valence-electron chi connectivity index (χ3n) is 3.16. The van der Waals surface area contributed by atoms with E-state index in [1.165, 1.54) is 16.0 Å². The zero-order chi connectivity index (χ0) is 15.1. The summed E-state index contributed by atoms with van der Waals surface area (Å²) in [5, 5.41) is 12.9. The van der Waals surface area contributed by atoms with Crippen LogP contribution in [0.2, 0.25) is 0 Å². The van der Waals surface area contributed by atoms with Crippen LogP contribution in [-0.2, 0) is 20.0 Å². The lowest BCUT2D eigenvalue weighted by Crippen LogP contribution is -2.38. The van der Waals surface area contributed by atoms with Gasteiger partial charge in [0.1, 0.15) is 0 Å². The Labute approximate surface area is 153 Å². The number of halogens is 1. The summed E-state index contributed by atoms with van der Waals surface area (Å²) in [5.41, 5.74) is 2.55. The molecule has 2 heterocycles. The predicted octanol–water partition coefficient (Wildman–Crippen LogP) is 2.71. The number of hydrogen-bond donors (Lipinski definition) is 2. The summed E-state index contributed by atoms with van der Waals surface area (Å²) in [5.74, 6) is 0.870. The second kappa shape index (κ2) is 9.83. The van der Waals surface area contributed by atoms with E-state index in [1.807, 2.05) is 24.1 Å². The smallest absolute Gasteiger partial charge is 0.191 e. The Bertz CT molecular complexity index is 590. The van der Waals surface area contributed by atoms with Gasteiger partial charge in [0, 0.05) is 31.2 Å². The van der Waals surface area contributed by atoms with E-state index in [0.29, 0.717) is 0 Å². The maximum Gasteiger partial charge on any atom is 0.191 e. The van der Waals surface area contributed by atoms with Crippen LogP contribution in [0.4, 0.5) is 0 Å². The highest BCUT2D eigenvalue weighted by atomic mass is 127. The zero-order valence-corrected chi connectivity index (χ0v) is 16.4. The molecular formula is C15H24IN5S. The summed E-state index contributed by atoms with van der Waals surface area (Å²) in [7, 11) is 1.94. The Balaban J connectivity index is 0.00000242. The fourth-order valence-electron chi connectivity index (χ4n) is 1.98. The number of guanidine groups is 1. The van der Waals surface area contributed by atoms with Crippen molar-refractivity contribution in [3.8, 4) is 0 Å². The minimum absolute atomic E-state index is 0. The van der Waals surface area contributed by atoms with Crippen LogP contribution in [0, 0.1) is 6.92 Å². The number of aromatic nitrogens is 2. The quantitative estimate of drug-likeness (QED) is 0.419. The lowest BCUT2D eigenvalue weighted by molar-refractivity contribution is 0.765. The molecule has 5 nitrogen and oxygen atoms in total. The van der Waals surface area contributed by atoms with E-state index < -0.39 is 0 Å². The van der Waals surface area contributed by atoms with Crippen LogP contribution in [0.5, 0.6) is 0 Å². The highest BCUT2D eigenvalue weighted by Crippen LogP contribution is 2.16. The van der Waals surface area contributed by atoms with Crippen LogP contribution >= 0.6 is 35.3 Å². The van der Waals surface area contributed by atoms with Crippen LogP contribution in [0.25, 0.3) is 0 Å². The average molecular weight is 433 g/mol. The van der Waals surface area contributed by atoms with Gasteiger partial charge in [-0.1, -0.05) is 0 Å². The van der Waals surface area contributed by atoms with Gasteiger partial charge in [0.2, 0.25) is 0 Å². The Hall–Kier alpha value is -1.09. The first kappa shape index (κ1) is 19.0. The summed E-state index contributed by atoms with van der Waals surface area (Å²) in [4.78, 5) is 5.96. The molecule has 0 amide bonds. The summed E-state index contributed by atoms with van der Waals surface area (Å²) >= 11 is 1.76. The molecule has 0 radical (unpaired) electrons. The van der Waals surface area contributed by atoms with Gasteiger partial charge in [-0.3, -0.25) is 4.68 Å². The molecule has 0 aliphatic rings. The summed E-state index contributed by atoms with van der Waals surface area (Å²) in [6.07, 6.45) is 4.89. The fraction of sp³-hybridized carbons (Fsp3) is 0.467. The molecular weight excluding hydrogens is 409 g/mol. The zero-order valence-electron chi connectivity index (χ0n) is 13.3. The van der Waals surface area contributed by atoms with E-state index in [1.54, 1.807) is 11.3 Å². The largest absolute Gasteiger partial charge is 0.357 e. The van der Waals surface area contributed by atoms with Gasteiger partial charge in [0.05, 0.1) is 12.7 Å². The molecule has 0 aromatic carbocycles. The topological polar surface area (TPSA) is 54.2 Å². The third kappa shape index (κ3) is 5.96. The summed E-state index contributed by atoms with van der Waals surface area (Å²) < 4.78 is 1.83. The fourth-order valence-corrected chi connectivity index (χ4v) is 2.81. The van der Waals surface area contributed by atoms with Gasteiger partial charge in [0.15, 0.2) is 5.96 Å². The summed E-state index contributed by atoms with van der Waals surface area (Å²) in [6.45, 7) is 6.65. The van der Waals surface area contributed by atoms with E-state index in [4.69, 9.17) is 0 Å². The van der Waals surface area contributed by atoms with Crippen molar-refractivity contribution in [2.45, 2.75) is 26.8 Å². The molecule has 2 N–H and O–H groups in total. The SMILES string of the molecule is CCNC(=NCc1sccc1C)NCCc1cnn(C)c1.I. The molecule has 0 saturated carbocycles. The maximum atomic E-state index is 4.64. The molecule has 0 unspecified atom stereocenters. The van der Waals surface area contributed by atoms with E-state index >= 15 is 0 Å². The molecule has 0 atom stereocenters. The molecule has 0 fully saturated rings. The van der Waals surface area contributed by atoms with Crippen LogP contribution < -0.4 is 10.6 Å². The number of thiophene rings is 1. The molecule has 0 aliphatic heterocycles. The van der Waals surface area contributed by atoms with Gasteiger partial charge in [-0.05, 0) is 42.8 Å². The van der Waals surface area contributed by atoms with Crippen molar-refractivity contribution < 1.29 is 0 Å². The van der Waals surface area contributed by atoms with Gasteiger partial charge in [0.25, 0.3) is 0 Å². The van der Waals surface area contributed by atoms with Gasteiger partial charge < -0.3 is 10.6 Å². The molecule has 0 spiro atoms. The number of nitrogens with zero attached hydrogens (tertiary/aromatic N) is 3. The predicted molar refractivity (Wildman–Crippen MR) is 104 cm³/mol. The van der Waals surface area contributed by atoms with Gasteiger partial charge in [-0.2, -0.15) is 5.10 Å². The first-order valence-electron chi connectivity index (χ1n) is 7.21. The van der Waals surface area contributed by atoms with Crippen molar-refractivity contribution >= 4 is 41.3 Å². The Morgan fingerprint density at radius 2 is 2.23 bits per heavy atom. The second-order valence-electron chi connectivity index (χ2n) is 4.92. The first-order valence-corrected chi connectivity index (χ1v) is 8.09. The van der Waals surface area contributed by atoms with E-state index in [9.17, 15) is 0 Å². The van der Waals surface area contributed by atoms with Crippen molar-refractivity contribution in [3.05, 3.63) is 39.8 Å². The Kier molecular flexibility index (Phi) is 8.47. The van der Waals surface area contributed by atoms with Crippen LogP contribution in [0.15, 0.2) is 28.8 Å². The molecule has 2 aromatic rings. The van der Waals surface area contributed by atoms with Crippen LogP contribution in [0.1, 0.15) is 22.9 Å². The van der Waals surface area contributed by atoms with Crippen LogP contribution in [0.3, 0.4) is 0 Å². The van der Waals surface area contributed by atoms with E-state index in [2.05, 4.69) is 46.0 Å². The Morgan fingerprint density at radius 3 is 2.82 bits per heavy atom. The van der Waals surface area contributed by atoms with Crippen molar-refractivity contribution in [3.63, 3.8) is 0 Å². The molecule has 122 valence electrons. The molecule has 2 rings (SSSR count). The first-order chi connectivity index (χ1) is 10.2. The molecule has 0 aliphatic carbocycles. The van der Waals surface area contributed by atoms with E-state index in [0.717, 1.165) is 32.0 Å². The minimum atomic E-state index is 0. The molecule has 22 heavy (non-hydrogen) atoms. The second-order valence-corrected chi connectivity index (χ2v) is 5.92. The van der Waals surface area contributed by atoms with Gasteiger partial charge >= 0.3 is 0 Å². The van der Waals surface area contributed by atoms with E-state index in [-0.39, 0.29) is 24.0 Å². The number of aliphatic imine (C=N–C) groups is 1. The molecule has 2 aromatic heterocycles. The number of nitrogens with one attached hydrogen (secondary N) is 2. The Morgan fingerprint density at radius 1 is 1.41 bits per heavy atom. The lowest BCUT2D eigenvalue weighted by Gasteiger charge is -2.10. The van der Waals surface area contributed by atoms with Gasteiger partial charge in [-0.25, -0.2) is 4.99 Å². The van der Waals surface area contributed by atoms with Crippen molar-refractivity contribution in [2.75, 3.05) is 13.1 Å². The lowest BCUT2D eigenvalue weighted by atomic mass is 10.2. The molecule has 0 saturated heterocycles. The van der Waals surface area contributed by atoms with Crippen LogP contribution in [-0.4, -0.2) is 28.8 Å². The molecule has 7 heteroatoms. The number of aryl methyl sites for hydroxylation is 2. The average Bonchev–Trinajstić information content (AvgIpc) is 3.05. The minimum Gasteiger partial charge on any atom is -0.357 e. The number of rotatable bonds is 6. The van der Waals surface area contributed by atoms with Crippen molar-refractivity contribution in [1.29, 1.82) is 0 Å². The maximum absolute atomic E-state index is 4.64. The highest BCUT2D eigenvalue weighted by molar-refractivity contribution is 14.0. The standard InChI is InChI=1S/C15H23N5S.HI/c1-4-16-15(18-10-14-12(2)6-8-21-14)17-7-5-13-9-19-20(3)11-13;/h6,8-9,11H,4-5,7,10H2,1-3H3,(H2,16,17,18);1H. The normalized spacial score (nSPS) is 11.1. The third-order valence-corrected chi connectivity index (χ3v) is 4.17. The van der Waals surface area contributed by atoms with Gasteiger partial charge in [-0.15, -0.1) is 35.3 Å².